The summed E-state index contributed by atoms with van der Waals surface area (Å²) in [5.41, 5.74) is 4.49. The van der Waals surface area contributed by atoms with E-state index in [4.69, 9.17) is 0 Å². The molecule has 8 nitrogen and oxygen atoms in total. The Morgan fingerprint density at radius 2 is 1.86 bits per heavy atom. The molecule has 0 radical (unpaired) electrons. The minimum atomic E-state index is -0.170. The number of likely N-dealkylation sites (tertiary alicyclic amines) is 2. The van der Waals surface area contributed by atoms with E-state index in [2.05, 4.69) is 50.2 Å². The molecule has 0 atom stereocenters. The van der Waals surface area contributed by atoms with Gasteiger partial charge in [0, 0.05) is 68.2 Å². The Morgan fingerprint density at radius 1 is 1.09 bits per heavy atom. The van der Waals surface area contributed by atoms with Gasteiger partial charge in [0.05, 0.1) is 11.6 Å². The maximum atomic E-state index is 13.1. The first-order chi connectivity index (χ1) is 17.0. The Labute approximate surface area is 206 Å². The molecule has 2 fully saturated rings. The largest absolute Gasteiger partial charge is 0.393 e. The number of piperidine rings is 2. The van der Waals surface area contributed by atoms with E-state index in [0.29, 0.717) is 11.7 Å². The molecule has 3 aromatic rings. The van der Waals surface area contributed by atoms with Gasteiger partial charge in [-0.3, -0.25) is 19.8 Å². The van der Waals surface area contributed by atoms with Gasteiger partial charge in [-0.2, -0.15) is 5.10 Å². The quantitative estimate of drug-likeness (QED) is 0.506. The van der Waals surface area contributed by atoms with Crippen molar-refractivity contribution in [2.24, 2.45) is 0 Å². The molecule has 0 unspecified atom stereocenters. The van der Waals surface area contributed by atoms with Crippen molar-refractivity contribution in [3.63, 3.8) is 0 Å². The average Bonchev–Trinajstić information content (AvgIpc) is 3.29. The summed E-state index contributed by atoms with van der Waals surface area (Å²) in [6.07, 6.45) is 7.19. The van der Waals surface area contributed by atoms with Crippen molar-refractivity contribution in [1.82, 2.24) is 30.3 Å². The molecule has 0 spiro atoms. The number of aromatic amines is 1. The summed E-state index contributed by atoms with van der Waals surface area (Å²) in [4.78, 5) is 22.4. The fourth-order valence-electron chi connectivity index (χ4n) is 5.25. The van der Waals surface area contributed by atoms with Crippen LogP contribution in [-0.2, 0) is 6.54 Å². The minimum Gasteiger partial charge on any atom is -0.393 e. The van der Waals surface area contributed by atoms with Gasteiger partial charge in [-0.25, -0.2) is 0 Å². The van der Waals surface area contributed by atoms with Crippen LogP contribution in [0.3, 0.4) is 0 Å². The Hall–Kier alpha value is -2.81. The van der Waals surface area contributed by atoms with Crippen LogP contribution in [-0.4, -0.2) is 80.4 Å². The van der Waals surface area contributed by atoms with Gasteiger partial charge in [-0.1, -0.05) is 6.07 Å². The Kier molecular flexibility index (Phi) is 7.13. The van der Waals surface area contributed by atoms with E-state index < -0.39 is 0 Å². The molecule has 186 valence electrons. The topological polar surface area (TPSA) is 97.4 Å². The molecule has 2 aromatic heterocycles. The number of aliphatic hydroxyl groups is 1. The van der Waals surface area contributed by atoms with Crippen molar-refractivity contribution in [3.05, 3.63) is 47.9 Å². The van der Waals surface area contributed by atoms with Gasteiger partial charge in [0.1, 0.15) is 0 Å². The molecule has 1 amide bonds. The van der Waals surface area contributed by atoms with E-state index in [1.165, 1.54) is 0 Å². The number of aromatic nitrogens is 3. The Bertz CT molecular complexity index is 1160. The molecule has 5 rings (SSSR count). The number of amides is 1. The van der Waals surface area contributed by atoms with Crippen molar-refractivity contribution in [2.75, 3.05) is 26.2 Å². The molecule has 4 heterocycles. The van der Waals surface area contributed by atoms with Crippen LogP contribution in [0.1, 0.15) is 55.6 Å². The molecule has 3 N–H and O–H groups in total. The number of aliphatic hydroxyl groups excluding tert-OH is 1. The highest BCUT2D eigenvalue weighted by molar-refractivity contribution is 6.05. The second-order valence-electron chi connectivity index (χ2n) is 10.3. The van der Waals surface area contributed by atoms with E-state index in [9.17, 15) is 9.90 Å². The summed E-state index contributed by atoms with van der Waals surface area (Å²) < 4.78 is 0. The number of carbonyl (C=O) groups excluding carboxylic acids is 1. The number of rotatable bonds is 6. The number of nitrogens with zero attached hydrogens (tertiary/aromatic N) is 4. The molecule has 0 bridgehead atoms. The Morgan fingerprint density at radius 3 is 2.60 bits per heavy atom. The molecule has 2 saturated heterocycles. The highest BCUT2D eigenvalue weighted by Gasteiger charge is 2.24. The fraction of sp³-hybridized carbons (Fsp3) is 0.519. The summed E-state index contributed by atoms with van der Waals surface area (Å²) in [6.45, 7) is 9.09. The first kappa shape index (κ1) is 23.9. The average molecular weight is 477 g/mol. The van der Waals surface area contributed by atoms with E-state index in [0.717, 1.165) is 86.0 Å². The van der Waals surface area contributed by atoms with E-state index in [1.807, 2.05) is 30.6 Å². The lowest BCUT2D eigenvalue weighted by molar-refractivity contribution is 0.0792. The summed E-state index contributed by atoms with van der Waals surface area (Å²) in [7, 11) is 0. The molecular weight excluding hydrogens is 440 g/mol. The number of hydrogen-bond donors (Lipinski definition) is 3. The third-order valence-corrected chi connectivity index (χ3v) is 7.46. The van der Waals surface area contributed by atoms with Gasteiger partial charge in [0.2, 0.25) is 0 Å². The van der Waals surface area contributed by atoms with Crippen LogP contribution in [0.4, 0.5) is 0 Å². The summed E-state index contributed by atoms with van der Waals surface area (Å²) in [6, 6.07) is 8.95. The second-order valence-corrected chi connectivity index (χ2v) is 10.3. The van der Waals surface area contributed by atoms with Crippen LogP contribution in [0.2, 0.25) is 0 Å². The van der Waals surface area contributed by atoms with Crippen LogP contribution < -0.4 is 5.32 Å². The lowest BCUT2D eigenvalue weighted by Crippen LogP contribution is -2.46. The summed E-state index contributed by atoms with van der Waals surface area (Å²) in [5, 5.41) is 21.2. The molecule has 8 heteroatoms. The van der Waals surface area contributed by atoms with Crippen LogP contribution in [0.15, 0.2) is 36.7 Å². The number of carbonyl (C=O) groups is 1. The first-order valence-corrected chi connectivity index (χ1v) is 12.8. The van der Waals surface area contributed by atoms with Crippen molar-refractivity contribution < 1.29 is 9.90 Å². The van der Waals surface area contributed by atoms with Crippen molar-refractivity contribution in [3.8, 4) is 11.1 Å². The highest BCUT2D eigenvalue weighted by Crippen LogP contribution is 2.26. The highest BCUT2D eigenvalue weighted by atomic mass is 16.3. The minimum absolute atomic E-state index is 0.115. The number of benzene rings is 1. The number of H-pyrrole nitrogens is 1. The molecule has 0 aliphatic carbocycles. The zero-order valence-corrected chi connectivity index (χ0v) is 20.7. The van der Waals surface area contributed by atoms with E-state index in [1.54, 1.807) is 0 Å². The van der Waals surface area contributed by atoms with Crippen molar-refractivity contribution in [1.29, 1.82) is 0 Å². The smallest absolute Gasteiger partial charge is 0.272 e. The second kappa shape index (κ2) is 10.4. The molecule has 2 aliphatic rings. The maximum absolute atomic E-state index is 13.1. The first-order valence-electron chi connectivity index (χ1n) is 12.8. The van der Waals surface area contributed by atoms with E-state index >= 15 is 0 Å². The van der Waals surface area contributed by atoms with Gasteiger partial charge < -0.3 is 15.3 Å². The van der Waals surface area contributed by atoms with Crippen LogP contribution >= 0.6 is 0 Å². The molecule has 2 aliphatic heterocycles. The van der Waals surface area contributed by atoms with Gasteiger partial charge >= 0.3 is 0 Å². The SMILES string of the molecule is CC(C)N1CCC(NC(=O)c2n[nH]c3ccc(-c4cncc(CN5CCC(O)CC5)c4)cc23)CC1. The van der Waals surface area contributed by atoms with Gasteiger partial charge in [0.15, 0.2) is 5.69 Å². The van der Waals surface area contributed by atoms with Gasteiger partial charge in [-0.05, 0) is 68.9 Å². The normalized spacial score (nSPS) is 19.0. The zero-order valence-electron chi connectivity index (χ0n) is 20.7. The molecule has 1 aromatic carbocycles. The maximum Gasteiger partial charge on any atom is 0.272 e. The monoisotopic (exact) mass is 476 g/mol. The zero-order chi connectivity index (χ0) is 24.4. The van der Waals surface area contributed by atoms with Gasteiger partial charge in [-0.15, -0.1) is 0 Å². The fourth-order valence-corrected chi connectivity index (χ4v) is 5.25. The Balaban J connectivity index is 1.30. The molecule has 35 heavy (non-hydrogen) atoms. The predicted molar refractivity (Wildman–Crippen MR) is 137 cm³/mol. The lowest BCUT2D eigenvalue weighted by Gasteiger charge is -2.34. The number of hydrogen-bond acceptors (Lipinski definition) is 6. The predicted octanol–water partition coefficient (Wildman–Crippen LogP) is 3.18. The van der Waals surface area contributed by atoms with Gasteiger partial charge in [0.25, 0.3) is 5.91 Å². The summed E-state index contributed by atoms with van der Waals surface area (Å²) >= 11 is 0. The third kappa shape index (κ3) is 5.55. The summed E-state index contributed by atoms with van der Waals surface area (Å²) in [5.74, 6) is -0.115. The number of nitrogens with one attached hydrogen (secondary N) is 2. The molecular formula is C27H36N6O2. The standard InChI is InChI=1S/C27H36N6O2/c1-18(2)33-11-5-22(6-12-33)29-27(35)26-24-14-20(3-4-25(24)30-31-26)21-13-19(15-28-16-21)17-32-9-7-23(34)8-10-32/h3-4,13-16,18,22-23,34H,5-12,17H2,1-2H3,(H,29,35)(H,30,31). The lowest BCUT2D eigenvalue weighted by atomic mass is 10.0. The molecule has 0 saturated carbocycles. The number of pyridine rings is 1. The third-order valence-electron chi connectivity index (χ3n) is 7.46. The van der Waals surface area contributed by atoms with Crippen LogP contribution in [0, 0.1) is 0 Å². The van der Waals surface area contributed by atoms with Crippen molar-refractivity contribution in [2.45, 2.75) is 64.3 Å². The van der Waals surface area contributed by atoms with Crippen molar-refractivity contribution >= 4 is 16.8 Å². The number of fused-ring (bicyclic) bond motifs is 1. The van der Waals surface area contributed by atoms with Crippen LogP contribution in [0.5, 0.6) is 0 Å². The van der Waals surface area contributed by atoms with E-state index in [-0.39, 0.29) is 18.1 Å². The van der Waals surface area contributed by atoms with Crippen LogP contribution in [0.25, 0.3) is 22.0 Å².